The summed E-state index contributed by atoms with van der Waals surface area (Å²) in [5.41, 5.74) is 0. The summed E-state index contributed by atoms with van der Waals surface area (Å²) in [6.45, 7) is 9.60. The monoisotopic (exact) mass is 335 g/mol. The third kappa shape index (κ3) is 4.30. The van der Waals surface area contributed by atoms with Gasteiger partial charge in [0.1, 0.15) is 5.76 Å². The van der Waals surface area contributed by atoms with Gasteiger partial charge in [0.2, 0.25) is 0 Å². The van der Waals surface area contributed by atoms with Crippen molar-refractivity contribution in [2.45, 2.75) is 57.9 Å². The van der Waals surface area contributed by atoms with Crippen LogP contribution in [0.15, 0.2) is 22.8 Å². The Labute approximate surface area is 144 Å². The maximum atomic E-state index is 12.7. The number of amides is 2. The van der Waals surface area contributed by atoms with Gasteiger partial charge in [-0.1, -0.05) is 0 Å². The summed E-state index contributed by atoms with van der Waals surface area (Å²) < 4.78 is 11.2. The average Bonchev–Trinajstić information content (AvgIpc) is 3.18. The van der Waals surface area contributed by atoms with Crippen molar-refractivity contribution in [2.24, 2.45) is 0 Å². The maximum Gasteiger partial charge on any atom is 0.318 e. The second kappa shape index (κ2) is 7.57. The van der Waals surface area contributed by atoms with Gasteiger partial charge < -0.3 is 19.4 Å². The Morgan fingerprint density at radius 3 is 2.67 bits per heavy atom. The fourth-order valence-electron chi connectivity index (χ4n) is 3.56. The van der Waals surface area contributed by atoms with Crippen molar-refractivity contribution in [3.05, 3.63) is 24.2 Å². The largest absolute Gasteiger partial charge is 0.467 e. The summed E-state index contributed by atoms with van der Waals surface area (Å²) in [4.78, 5) is 17.0. The second-order valence-electron chi connectivity index (χ2n) is 7.08. The minimum atomic E-state index is -0.0315. The minimum Gasteiger partial charge on any atom is -0.467 e. The van der Waals surface area contributed by atoms with Crippen molar-refractivity contribution in [3.63, 3.8) is 0 Å². The van der Waals surface area contributed by atoms with Gasteiger partial charge in [-0.05, 0) is 45.7 Å². The number of carbonyl (C=O) groups excluding carboxylic acids is 1. The third-order valence-electron chi connectivity index (χ3n) is 4.75. The van der Waals surface area contributed by atoms with Crippen LogP contribution in [0.3, 0.4) is 0 Å². The average molecular weight is 335 g/mol. The lowest BCUT2D eigenvalue weighted by atomic mass is 10.2. The lowest BCUT2D eigenvalue weighted by molar-refractivity contribution is -0.0673. The van der Waals surface area contributed by atoms with E-state index in [1.807, 2.05) is 24.0 Å². The molecule has 24 heavy (non-hydrogen) atoms. The fourth-order valence-corrected chi connectivity index (χ4v) is 3.56. The van der Waals surface area contributed by atoms with Gasteiger partial charge >= 0.3 is 6.03 Å². The van der Waals surface area contributed by atoms with Crippen LogP contribution in [0.25, 0.3) is 0 Å². The van der Waals surface area contributed by atoms with E-state index in [9.17, 15) is 4.79 Å². The van der Waals surface area contributed by atoms with E-state index in [4.69, 9.17) is 9.15 Å². The molecule has 0 spiro atoms. The number of rotatable bonds is 6. The van der Waals surface area contributed by atoms with Gasteiger partial charge in [0.05, 0.1) is 24.5 Å². The molecule has 1 saturated carbocycles. The Balaban J connectivity index is 1.49. The molecule has 1 aliphatic heterocycles. The van der Waals surface area contributed by atoms with Crippen LogP contribution in [0, 0.1) is 0 Å². The number of furan rings is 1. The molecule has 3 atom stereocenters. The number of hydrogen-bond acceptors (Lipinski definition) is 4. The van der Waals surface area contributed by atoms with Crippen molar-refractivity contribution in [3.8, 4) is 0 Å². The van der Waals surface area contributed by atoms with E-state index >= 15 is 0 Å². The SMILES string of the molecule is C[C@@H]1CN(CCNC(=O)N(C2CC2)[C@H](C)c2ccco2)C[C@@H](C)O1. The molecule has 1 aliphatic carbocycles. The predicted molar refractivity (Wildman–Crippen MR) is 91.8 cm³/mol. The topological polar surface area (TPSA) is 58.0 Å². The summed E-state index contributed by atoms with van der Waals surface area (Å²) in [5.74, 6) is 0.841. The van der Waals surface area contributed by atoms with Crippen molar-refractivity contribution < 1.29 is 13.9 Å². The molecule has 6 nitrogen and oxygen atoms in total. The molecular weight excluding hydrogens is 306 g/mol. The molecule has 1 aromatic heterocycles. The van der Waals surface area contributed by atoms with Gasteiger partial charge in [-0.25, -0.2) is 4.79 Å². The number of nitrogens with zero attached hydrogens (tertiary/aromatic N) is 2. The quantitative estimate of drug-likeness (QED) is 0.868. The highest BCUT2D eigenvalue weighted by atomic mass is 16.5. The van der Waals surface area contributed by atoms with Gasteiger partial charge in [-0.2, -0.15) is 0 Å². The predicted octanol–water partition coefficient (Wildman–Crippen LogP) is 2.62. The smallest absolute Gasteiger partial charge is 0.318 e. The first-order valence-corrected chi connectivity index (χ1v) is 9.02. The Hall–Kier alpha value is -1.53. The zero-order valence-electron chi connectivity index (χ0n) is 14.9. The van der Waals surface area contributed by atoms with Gasteiger partial charge in [0, 0.05) is 32.2 Å². The van der Waals surface area contributed by atoms with E-state index in [-0.39, 0.29) is 24.3 Å². The van der Waals surface area contributed by atoms with E-state index < -0.39 is 0 Å². The van der Waals surface area contributed by atoms with Crippen LogP contribution in [0.5, 0.6) is 0 Å². The van der Waals surface area contributed by atoms with E-state index in [2.05, 4.69) is 24.1 Å². The van der Waals surface area contributed by atoms with Gasteiger partial charge in [-0.3, -0.25) is 4.90 Å². The fraction of sp³-hybridized carbons (Fsp3) is 0.722. The molecule has 0 unspecified atom stereocenters. The number of urea groups is 1. The molecule has 6 heteroatoms. The highest BCUT2D eigenvalue weighted by Crippen LogP contribution is 2.34. The Morgan fingerprint density at radius 1 is 1.38 bits per heavy atom. The standard InChI is InChI=1S/C18H29N3O3/c1-13-11-20(12-14(2)24-13)9-8-19-18(22)21(16-6-7-16)15(3)17-5-4-10-23-17/h4-5,10,13-16H,6-9,11-12H2,1-3H3,(H,19,22)/t13-,14-,15-/m1/s1. The number of nitrogens with one attached hydrogen (secondary N) is 1. The Bertz CT molecular complexity index is 520. The third-order valence-corrected chi connectivity index (χ3v) is 4.75. The number of hydrogen-bond donors (Lipinski definition) is 1. The molecule has 3 rings (SSSR count). The van der Waals surface area contributed by atoms with E-state index in [0.717, 1.165) is 38.2 Å². The Morgan fingerprint density at radius 2 is 2.08 bits per heavy atom. The van der Waals surface area contributed by atoms with Crippen LogP contribution < -0.4 is 5.32 Å². The number of ether oxygens (including phenoxy) is 1. The molecule has 2 fully saturated rings. The van der Waals surface area contributed by atoms with Crippen molar-refractivity contribution >= 4 is 6.03 Å². The molecule has 1 aromatic rings. The molecule has 2 heterocycles. The summed E-state index contributed by atoms with van der Waals surface area (Å²) in [5, 5.41) is 3.09. The molecule has 0 bridgehead atoms. The molecule has 2 amide bonds. The van der Waals surface area contributed by atoms with E-state index in [1.54, 1.807) is 6.26 Å². The lowest BCUT2D eigenvalue weighted by Gasteiger charge is -2.35. The van der Waals surface area contributed by atoms with Gasteiger partial charge in [0.15, 0.2) is 0 Å². The molecule has 1 saturated heterocycles. The zero-order valence-corrected chi connectivity index (χ0v) is 14.9. The first-order valence-electron chi connectivity index (χ1n) is 9.02. The highest BCUT2D eigenvalue weighted by Gasteiger charge is 2.37. The van der Waals surface area contributed by atoms with Crippen molar-refractivity contribution in [1.82, 2.24) is 15.1 Å². The number of morpholine rings is 1. The van der Waals surface area contributed by atoms with Crippen molar-refractivity contribution in [2.75, 3.05) is 26.2 Å². The van der Waals surface area contributed by atoms with Gasteiger partial charge in [0.25, 0.3) is 0 Å². The summed E-state index contributed by atoms with van der Waals surface area (Å²) >= 11 is 0. The molecule has 2 aliphatic rings. The maximum absolute atomic E-state index is 12.7. The van der Waals surface area contributed by atoms with Crippen LogP contribution in [-0.4, -0.2) is 60.3 Å². The minimum absolute atomic E-state index is 0.00996. The van der Waals surface area contributed by atoms with Crippen LogP contribution in [0.2, 0.25) is 0 Å². The molecule has 0 aromatic carbocycles. The van der Waals surface area contributed by atoms with Crippen LogP contribution in [0.1, 0.15) is 45.4 Å². The summed E-state index contributed by atoms with van der Waals surface area (Å²) in [6.07, 6.45) is 4.33. The zero-order chi connectivity index (χ0) is 17.1. The summed E-state index contributed by atoms with van der Waals surface area (Å²) in [7, 11) is 0. The molecule has 134 valence electrons. The van der Waals surface area contributed by atoms with Crippen LogP contribution in [-0.2, 0) is 4.74 Å². The molecule has 0 radical (unpaired) electrons. The van der Waals surface area contributed by atoms with Gasteiger partial charge in [-0.15, -0.1) is 0 Å². The second-order valence-corrected chi connectivity index (χ2v) is 7.08. The first kappa shape index (κ1) is 17.3. The molecular formula is C18H29N3O3. The van der Waals surface area contributed by atoms with Crippen molar-refractivity contribution in [1.29, 1.82) is 0 Å². The van der Waals surface area contributed by atoms with Crippen LogP contribution in [0.4, 0.5) is 4.79 Å². The molecule has 1 N–H and O–H groups in total. The summed E-state index contributed by atoms with van der Waals surface area (Å²) in [6, 6.07) is 4.12. The number of carbonyl (C=O) groups is 1. The van der Waals surface area contributed by atoms with Crippen LogP contribution >= 0.6 is 0 Å². The Kier molecular flexibility index (Phi) is 5.46. The van der Waals surface area contributed by atoms with E-state index in [0.29, 0.717) is 12.6 Å². The van der Waals surface area contributed by atoms with E-state index in [1.165, 1.54) is 0 Å². The first-order chi connectivity index (χ1) is 11.5. The highest BCUT2D eigenvalue weighted by molar-refractivity contribution is 5.75. The lowest BCUT2D eigenvalue weighted by Crippen LogP contribution is -2.49. The normalized spacial score (nSPS) is 26.1.